The summed E-state index contributed by atoms with van der Waals surface area (Å²) >= 11 is 0. The predicted molar refractivity (Wildman–Crippen MR) is 130 cm³/mol. The number of aliphatic carboxylic acids is 2. The van der Waals surface area contributed by atoms with E-state index in [-0.39, 0.29) is 21.6 Å². The van der Waals surface area contributed by atoms with Gasteiger partial charge in [0.05, 0.1) is 22.1 Å². The summed E-state index contributed by atoms with van der Waals surface area (Å²) in [5.41, 5.74) is 2.59. The van der Waals surface area contributed by atoms with Crippen LogP contribution in [0.1, 0.15) is 11.1 Å². The Morgan fingerprint density at radius 3 is 1.32 bits per heavy atom. The van der Waals surface area contributed by atoms with Crippen LogP contribution in [0.5, 0.6) is 0 Å². The number of carboxylic acid groups (broad SMARTS) is 2. The molecule has 0 aliphatic heterocycles. The van der Waals surface area contributed by atoms with Gasteiger partial charge in [-0.3, -0.25) is 19.2 Å². The van der Waals surface area contributed by atoms with Gasteiger partial charge in [0.25, 0.3) is 0 Å². The van der Waals surface area contributed by atoms with E-state index in [0.717, 1.165) is 11.1 Å². The first-order chi connectivity index (χ1) is 16.2. The van der Waals surface area contributed by atoms with Crippen molar-refractivity contribution in [2.45, 2.75) is 26.9 Å². The van der Waals surface area contributed by atoms with Crippen molar-refractivity contribution in [2.24, 2.45) is 0 Å². The van der Waals surface area contributed by atoms with Gasteiger partial charge in [-0.25, -0.2) is 0 Å². The Bertz CT molecular complexity index is 1690. The van der Waals surface area contributed by atoms with Gasteiger partial charge in [0, 0.05) is 21.5 Å². The fraction of sp³-hybridized carbons (Fsp3) is 0.154. The average molecular weight is 456 g/mol. The average Bonchev–Trinajstić information content (AvgIpc) is 2.78. The molecular weight excluding hydrogens is 436 g/mol. The van der Waals surface area contributed by atoms with Gasteiger partial charge in [0.2, 0.25) is 0 Å². The molecule has 5 aromatic rings. The van der Waals surface area contributed by atoms with Crippen LogP contribution >= 0.6 is 0 Å². The van der Waals surface area contributed by atoms with E-state index in [2.05, 4.69) is 0 Å². The molecule has 8 nitrogen and oxygen atoms in total. The molecule has 0 aliphatic carbocycles. The van der Waals surface area contributed by atoms with Crippen LogP contribution in [0.2, 0.25) is 0 Å². The molecule has 0 amide bonds. The Morgan fingerprint density at radius 1 is 0.618 bits per heavy atom. The van der Waals surface area contributed by atoms with E-state index in [4.69, 9.17) is 0 Å². The van der Waals surface area contributed by atoms with Crippen LogP contribution in [0.15, 0.2) is 58.1 Å². The number of nitrogens with zero attached hydrogens (tertiary/aromatic N) is 2. The molecule has 0 unspecified atom stereocenters. The molecule has 2 N–H and O–H groups in total. The normalized spacial score (nSPS) is 11.6. The number of aromatic nitrogens is 2. The van der Waals surface area contributed by atoms with E-state index in [1.165, 1.54) is 21.3 Å². The second-order valence-electron chi connectivity index (χ2n) is 8.55. The van der Waals surface area contributed by atoms with Crippen LogP contribution in [0, 0.1) is 13.8 Å². The Balaban J connectivity index is 2.07. The SMILES string of the molecule is Cc1ccc2c(c1)c(=O)c1cc3c(cc1n2CC(=O)O)c(=O)c1cc(C)ccc1n3CC(=O)O. The minimum Gasteiger partial charge on any atom is -0.480 e. The molecule has 0 aliphatic rings. The van der Waals surface area contributed by atoms with Crippen molar-refractivity contribution in [1.82, 2.24) is 9.13 Å². The highest BCUT2D eigenvalue weighted by atomic mass is 16.4. The zero-order valence-electron chi connectivity index (χ0n) is 18.5. The molecule has 2 aromatic heterocycles. The maximum atomic E-state index is 13.5. The molecule has 0 bridgehead atoms. The summed E-state index contributed by atoms with van der Waals surface area (Å²) in [6, 6.07) is 13.4. The maximum Gasteiger partial charge on any atom is 0.323 e. The summed E-state index contributed by atoms with van der Waals surface area (Å²) in [6.45, 7) is 2.86. The Morgan fingerprint density at radius 2 is 0.971 bits per heavy atom. The number of aryl methyl sites for hydroxylation is 2. The smallest absolute Gasteiger partial charge is 0.323 e. The summed E-state index contributed by atoms with van der Waals surface area (Å²) in [6.07, 6.45) is 0. The van der Waals surface area contributed by atoms with Crippen LogP contribution in [0.3, 0.4) is 0 Å². The van der Waals surface area contributed by atoms with Crippen molar-refractivity contribution in [3.8, 4) is 0 Å². The standard InChI is InChI=1S/C26H20N2O6/c1-13-3-5-19-15(7-13)25(33)17-9-22-18(10-21(17)27(19)11-23(29)30)26(34)16-8-14(2)4-6-20(16)28(22)12-24(31)32/h3-10H,11-12H2,1-2H3,(H,29,30)(H,31,32). The van der Waals surface area contributed by atoms with E-state index in [1.54, 1.807) is 36.4 Å². The number of pyridine rings is 2. The van der Waals surface area contributed by atoms with E-state index < -0.39 is 25.0 Å². The number of fused-ring (bicyclic) bond motifs is 4. The second kappa shape index (κ2) is 7.55. The van der Waals surface area contributed by atoms with Crippen molar-refractivity contribution in [3.63, 3.8) is 0 Å². The highest BCUT2D eigenvalue weighted by Crippen LogP contribution is 2.27. The summed E-state index contributed by atoms with van der Waals surface area (Å²) in [7, 11) is 0. The highest BCUT2D eigenvalue weighted by molar-refractivity contribution is 6.04. The quantitative estimate of drug-likeness (QED) is 0.400. The van der Waals surface area contributed by atoms with Crippen LogP contribution in [-0.2, 0) is 22.7 Å². The van der Waals surface area contributed by atoms with Crippen LogP contribution < -0.4 is 10.9 Å². The van der Waals surface area contributed by atoms with Gasteiger partial charge in [-0.15, -0.1) is 0 Å². The minimum atomic E-state index is -1.09. The maximum absolute atomic E-state index is 13.5. The third-order valence-electron chi connectivity index (χ3n) is 6.15. The van der Waals surface area contributed by atoms with Gasteiger partial charge in [-0.05, 0) is 50.2 Å². The molecule has 0 saturated carbocycles. The monoisotopic (exact) mass is 456 g/mol. The topological polar surface area (TPSA) is 119 Å². The predicted octanol–water partition coefficient (Wildman–Crippen LogP) is 3.41. The number of carbonyl (C=O) groups is 2. The lowest BCUT2D eigenvalue weighted by molar-refractivity contribution is -0.138. The Hall–Kier alpha value is -4.46. The van der Waals surface area contributed by atoms with E-state index in [0.29, 0.717) is 32.8 Å². The van der Waals surface area contributed by atoms with Gasteiger partial charge in [0.1, 0.15) is 13.1 Å². The molecule has 0 spiro atoms. The van der Waals surface area contributed by atoms with Gasteiger partial charge >= 0.3 is 11.9 Å². The fourth-order valence-corrected chi connectivity index (χ4v) is 4.68. The molecule has 170 valence electrons. The lowest BCUT2D eigenvalue weighted by Gasteiger charge is -2.17. The molecular formula is C26H20N2O6. The van der Waals surface area contributed by atoms with Gasteiger partial charge in [-0.1, -0.05) is 23.3 Å². The molecule has 5 rings (SSSR count). The molecule has 0 fully saturated rings. The zero-order valence-corrected chi connectivity index (χ0v) is 18.5. The van der Waals surface area contributed by atoms with Crippen LogP contribution in [0.4, 0.5) is 0 Å². The van der Waals surface area contributed by atoms with Crippen LogP contribution in [-0.4, -0.2) is 31.3 Å². The van der Waals surface area contributed by atoms with E-state index in [1.807, 2.05) is 13.8 Å². The molecule has 3 aromatic carbocycles. The molecule has 0 saturated heterocycles. The number of benzene rings is 3. The summed E-state index contributed by atoms with van der Waals surface area (Å²) in [5, 5.41) is 20.3. The number of hydrogen-bond donors (Lipinski definition) is 2. The number of hydrogen-bond acceptors (Lipinski definition) is 4. The van der Waals surface area contributed by atoms with Gasteiger partial charge < -0.3 is 19.3 Å². The first kappa shape index (κ1) is 21.4. The number of carboxylic acids is 2. The van der Waals surface area contributed by atoms with Crippen molar-refractivity contribution in [2.75, 3.05) is 0 Å². The third kappa shape index (κ3) is 3.23. The molecule has 8 heteroatoms. The van der Waals surface area contributed by atoms with Gasteiger partial charge in [-0.2, -0.15) is 0 Å². The highest BCUT2D eigenvalue weighted by Gasteiger charge is 2.19. The first-order valence-electron chi connectivity index (χ1n) is 10.6. The summed E-state index contributed by atoms with van der Waals surface area (Å²) < 4.78 is 3.02. The lowest BCUT2D eigenvalue weighted by Crippen LogP contribution is -2.19. The molecule has 0 atom stereocenters. The minimum absolute atomic E-state index is 0.219. The van der Waals surface area contributed by atoms with E-state index >= 15 is 0 Å². The first-order valence-corrected chi connectivity index (χ1v) is 10.6. The van der Waals surface area contributed by atoms with Gasteiger partial charge in [0.15, 0.2) is 10.9 Å². The molecule has 0 radical (unpaired) electrons. The van der Waals surface area contributed by atoms with E-state index in [9.17, 15) is 29.4 Å². The van der Waals surface area contributed by atoms with Crippen molar-refractivity contribution < 1.29 is 19.8 Å². The molecule has 2 heterocycles. The Kier molecular flexibility index (Phi) is 4.75. The van der Waals surface area contributed by atoms with Crippen molar-refractivity contribution in [1.29, 1.82) is 0 Å². The number of rotatable bonds is 4. The van der Waals surface area contributed by atoms with Crippen molar-refractivity contribution >= 4 is 55.6 Å². The zero-order chi connectivity index (χ0) is 24.3. The summed E-state index contributed by atoms with van der Waals surface area (Å²) in [4.78, 5) is 50.4. The van der Waals surface area contributed by atoms with Crippen LogP contribution in [0.25, 0.3) is 43.6 Å². The fourth-order valence-electron chi connectivity index (χ4n) is 4.68. The second-order valence-corrected chi connectivity index (χ2v) is 8.55. The third-order valence-corrected chi connectivity index (χ3v) is 6.15. The molecule has 34 heavy (non-hydrogen) atoms. The van der Waals surface area contributed by atoms with Crippen molar-refractivity contribution in [3.05, 3.63) is 80.1 Å². The lowest BCUT2D eigenvalue weighted by atomic mass is 10.0. The Labute approximate surface area is 191 Å². The summed E-state index contributed by atoms with van der Waals surface area (Å²) in [5.74, 6) is -2.19. The largest absolute Gasteiger partial charge is 0.480 e.